The predicted molar refractivity (Wildman–Crippen MR) is 112 cm³/mol. The molecule has 0 saturated heterocycles. The highest BCUT2D eigenvalue weighted by molar-refractivity contribution is 14.0. The number of halogens is 2. The van der Waals surface area contributed by atoms with E-state index in [1.165, 1.54) is 4.88 Å². The molecule has 1 aromatic carbocycles. The number of nitrogens with one attached hydrogen (secondary N) is 2. The van der Waals surface area contributed by atoms with Crippen molar-refractivity contribution in [1.29, 1.82) is 0 Å². The Balaban J connectivity index is 0.00000264. The number of ether oxygens (including phenoxy) is 1. The zero-order valence-corrected chi connectivity index (χ0v) is 17.9. The van der Waals surface area contributed by atoms with Gasteiger partial charge in [0.1, 0.15) is 5.75 Å². The van der Waals surface area contributed by atoms with Crippen molar-refractivity contribution in [3.63, 3.8) is 0 Å². The average Bonchev–Trinajstić information content (AvgIpc) is 2.95. The van der Waals surface area contributed by atoms with Crippen LogP contribution in [0.2, 0.25) is 0 Å². The first-order valence-electron chi connectivity index (χ1n) is 7.11. The Bertz CT molecular complexity index is 633. The summed E-state index contributed by atoms with van der Waals surface area (Å²) in [5.74, 6) is 1.69. The Morgan fingerprint density at radius 1 is 1.26 bits per heavy atom. The molecular weight excluding hydrogens is 489 g/mol. The van der Waals surface area contributed by atoms with Crippen molar-refractivity contribution < 1.29 is 4.74 Å². The van der Waals surface area contributed by atoms with Crippen molar-refractivity contribution in [1.82, 2.24) is 10.6 Å². The van der Waals surface area contributed by atoms with Crippen LogP contribution in [-0.4, -0.2) is 19.6 Å². The number of nitrogens with zero attached hydrogens (tertiary/aromatic N) is 1. The molecule has 1 aromatic heterocycles. The molecule has 0 amide bonds. The minimum atomic E-state index is 0. The topological polar surface area (TPSA) is 45.6 Å². The molecule has 0 unspecified atom stereocenters. The van der Waals surface area contributed by atoms with Gasteiger partial charge in [-0.05, 0) is 35.0 Å². The molecule has 23 heavy (non-hydrogen) atoms. The lowest BCUT2D eigenvalue weighted by molar-refractivity contribution is 0.336. The van der Waals surface area contributed by atoms with Gasteiger partial charge >= 0.3 is 0 Å². The summed E-state index contributed by atoms with van der Waals surface area (Å²) in [5.41, 5.74) is 1.12. The molecule has 0 atom stereocenters. The van der Waals surface area contributed by atoms with E-state index in [2.05, 4.69) is 49.1 Å². The summed E-state index contributed by atoms with van der Waals surface area (Å²) in [7, 11) is 1.77. The van der Waals surface area contributed by atoms with E-state index >= 15 is 0 Å². The molecule has 0 aliphatic carbocycles. The SMILES string of the molecule is CCOc1ccccc1CNC(=NC)NCc1cc(Br)cs1.I. The van der Waals surface area contributed by atoms with Gasteiger partial charge in [0.25, 0.3) is 0 Å². The fraction of sp³-hybridized carbons (Fsp3) is 0.312. The van der Waals surface area contributed by atoms with Gasteiger partial charge in [-0.3, -0.25) is 4.99 Å². The molecule has 1 heterocycles. The minimum absolute atomic E-state index is 0. The third-order valence-corrected chi connectivity index (χ3v) is 4.69. The summed E-state index contributed by atoms with van der Waals surface area (Å²) in [6, 6.07) is 10.1. The molecule has 0 spiro atoms. The van der Waals surface area contributed by atoms with Crippen LogP contribution >= 0.6 is 51.2 Å². The number of para-hydroxylation sites is 1. The first kappa shape index (κ1) is 20.2. The van der Waals surface area contributed by atoms with E-state index in [4.69, 9.17) is 4.74 Å². The number of thiophene rings is 1. The lowest BCUT2D eigenvalue weighted by Gasteiger charge is -2.14. The quantitative estimate of drug-likeness (QED) is 0.345. The van der Waals surface area contributed by atoms with Crippen LogP contribution in [0.4, 0.5) is 0 Å². The van der Waals surface area contributed by atoms with Crippen LogP contribution in [0.5, 0.6) is 5.75 Å². The van der Waals surface area contributed by atoms with E-state index in [1.54, 1.807) is 18.4 Å². The van der Waals surface area contributed by atoms with Crippen molar-refractivity contribution in [2.45, 2.75) is 20.0 Å². The van der Waals surface area contributed by atoms with Gasteiger partial charge in [-0.15, -0.1) is 35.3 Å². The molecule has 2 N–H and O–H groups in total. The summed E-state index contributed by atoms with van der Waals surface area (Å²) < 4.78 is 6.74. The Morgan fingerprint density at radius 2 is 2.00 bits per heavy atom. The maximum absolute atomic E-state index is 5.63. The summed E-state index contributed by atoms with van der Waals surface area (Å²) >= 11 is 5.18. The number of hydrogen-bond acceptors (Lipinski definition) is 3. The van der Waals surface area contributed by atoms with E-state index in [9.17, 15) is 0 Å². The molecule has 0 radical (unpaired) electrons. The lowest BCUT2D eigenvalue weighted by atomic mass is 10.2. The van der Waals surface area contributed by atoms with Crippen molar-refractivity contribution in [3.05, 3.63) is 50.6 Å². The summed E-state index contributed by atoms with van der Waals surface area (Å²) in [6.07, 6.45) is 0. The Hall–Kier alpha value is -0.800. The fourth-order valence-electron chi connectivity index (χ4n) is 1.96. The van der Waals surface area contributed by atoms with Crippen LogP contribution in [0, 0.1) is 0 Å². The Morgan fingerprint density at radius 3 is 2.65 bits per heavy atom. The van der Waals surface area contributed by atoms with E-state index < -0.39 is 0 Å². The van der Waals surface area contributed by atoms with Crippen LogP contribution in [0.25, 0.3) is 0 Å². The first-order valence-corrected chi connectivity index (χ1v) is 8.78. The summed E-state index contributed by atoms with van der Waals surface area (Å²) in [4.78, 5) is 5.50. The molecule has 126 valence electrons. The van der Waals surface area contributed by atoms with Crippen LogP contribution < -0.4 is 15.4 Å². The Labute approximate surface area is 166 Å². The van der Waals surface area contributed by atoms with Gasteiger partial charge in [-0.2, -0.15) is 0 Å². The smallest absolute Gasteiger partial charge is 0.191 e. The predicted octanol–water partition coefficient (Wildman–Crippen LogP) is 4.39. The maximum atomic E-state index is 5.63. The van der Waals surface area contributed by atoms with Gasteiger partial charge in [-0.25, -0.2) is 0 Å². The maximum Gasteiger partial charge on any atom is 0.191 e. The molecule has 2 rings (SSSR count). The van der Waals surface area contributed by atoms with Crippen LogP contribution in [-0.2, 0) is 13.1 Å². The first-order chi connectivity index (χ1) is 10.7. The van der Waals surface area contributed by atoms with Crippen molar-refractivity contribution >= 4 is 57.2 Å². The zero-order valence-electron chi connectivity index (χ0n) is 13.1. The van der Waals surface area contributed by atoms with E-state index in [0.717, 1.165) is 28.3 Å². The molecule has 4 nitrogen and oxygen atoms in total. The number of aliphatic imine (C=N–C) groups is 1. The number of hydrogen-bond donors (Lipinski definition) is 2. The molecule has 0 fully saturated rings. The number of benzene rings is 1. The highest BCUT2D eigenvalue weighted by Gasteiger charge is 2.04. The van der Waals surface area contributed by atoms with Crippen molar-refractivity contribution in [2.24, 2.45) is 4.99 Å². The molecule has 0 bridgehead atoms. The standard InChI is InChI=1S/C16H20BrN3OS.HI/c1-3-21-15-7-5-4-6-12(15)9-19-16(18-2)20-10-14-8-13(17)11-22-14;/h4-8,11H,3,9-10H2,1-2H3,(H2,18,19,20);1H. The average molecular weight is 510 g/mol. The van der Waals surface area contributed by atoms with Crippen LogP contribution in [0.3, 0.4) is 0 Å². The third kappa shape index (κ3) is 6.68. The molecular formula is C16H21BrIN3OS. The van der Waals surface area contributed by atoms with Gasteiger partial charge in [0, 0.05) is 33.9 Å². The van der Waals surface area contributed by atoms with Gasteiger partial charge in [0.15, 0.2) is 5.96 Å². The van der Waals surface area contributed by atoms with Crippen molar-refractivity contribution in [2.75, 3.05) is 13.7 Å². The number of rotatable bonds is 6. The second-order valence-corrected chi connectivity index (χ2v) is 6.46. The van der Waals surface area contributed by atoms with E-state index in [0.29, 0.717) is 13.2 Å². The Kier molecular flexibility index (Phi) is 9.57. The molecule has 7 heteroatoms. The molecule has 0 saturated carbocycles. The second-order valence-electron chi connectivity index (χ2n) is 4.55. The third-order valence-electron chi connectivity index (χ3n) is 2.99. The highest BCUT2D eigenvalue weighted by atomic mass is 127. The van der Waals surface area contributed by atoms with E-state index in [1.807, 2.05) is 25.1 Å². The molecule has 0 aliphatic heterocycles. The second kappa shape index (κ2) is 10.9. The normalized spacial score (nSPS) is 10.8. The largest absolute Gasteiger partial charge is 0.494 e. The molecule has 0 aliphatic rings. The van der Waals surface area contributed by atoms with E-state index in [-0.39, 0.29) is 24.0 Å². The number of guanidine groups is 1. The lowest BCUT2D eigenvalue weighted by Crippen LogP contribution is -2.36. The van der Waals surface area contributed by atoms with Gasteiger partial charge in [-0.1, -0.05) is 18.2 Å². The fourth-order valence-corrected chi connectivity index (χ4v) is 3.35. The minimum Gasteiger partial charge on any atom is -0.494 e. The van der Waals surface area contributed by atoms with Gasteiger partial charge < -0.3 is 15.4 Å². The molecule has 2 aromatic rings. The van der Waals surface area contributed by atoms with Crippen molar-refractivity contribution in [3.8, 4) is 5.75 Å². The van der Waals surface area contributed by atoms with Crippen LogP contribution in [0.15, 0.2) is 45.2 Å². The van der Waals surface area contributed by atoms with Gasteiger partial charge in [0.2, 0.25) is 0 Å². The van der Waals surface area contributed by atoms with Crippen LogP contribution in [0.1, 0.15) is 17.4 Å². The summed E-state index contributed by atoms with van der Waals surface area (Å²) in [5, 5.41) is 8.70. The van der Waals surface area contributed by atoms with Gasteiger partial charge in [0.05, 0.1) is 13.2 Å². The summed E-state index contributed by atoms with van der Waals surface area (Å²) in [6.45, 7) is 4.08. The highest BCUT2D eigenvalue weighted by Crippen LogP contribution is 2.19. The monoisotopic (exact) mass is 509 g/mol. The zero-order chi connectivity index (χ0) is 15.8.